The van der Waals surface area contributed by atoms with Crippen LogP contribution in [0.2, 0.25) is 5.02 Å². The lowest BCUT2D eigenvalue weighted by molar-refractivity contribution is -0.115. The number of carboxylic acids is 1. The summed E-state index contributed by atoms with van der Waals surface area (Å²) < 4.78 is 5.56. The lowest BCUT2D eigenvalue weighted by Gasteiger charge is -2.01. The summed E-state index contributed by atoms with van der Waals surface area (Å²) in [7, 11) is 0. The van der Waals surface area contributed by atoms with E-state index in [1.54, 1.807) is 18.2 Å². The van der Waals surface area contributed by atoms with Crippen LogP contribution in [0.5, 0.6) is 0 Å². The Bertz CT molecular complexity index is 869. The van der Waals surface area contributed by atoms with E-state index in [1.807, 2.05) is 0 Å². The Balaban J connectivity index is 1.89. The van der Waals surface area contributed by atoms with Gasteiger partial charge in [-0.3, -0.25) is 10.1 Å². The summed E-state index contributed by atoms with van der Waals surface area (Å²) in [6, 6.07) is 7.08. The maximum absolute atomic E-state index is 11.4. The van der Waals surface area contributed by atoms with E-state index >= 15 is 0 Å². The van der Waals surface area contributed by atoms with Crippen molar-refractivity contribution in [2.45, 2.75) is 0 Å². The molecular weight excluding hydrogens is 324 g/mol. The number of carbonyl (C=O) groups excluding carboxylic acids is 2. The van der Waals surface area contributed by atoms with Gasteiger partial charge in [-0.05, 0) is 24.3 Å². The standard InChI is InChI=1S/C15H9ClN2O5/c16-10-5-7(1-3-9(10)14(20)21)12-4-2-8(23-12)6-11-13(19)18-15(22)17-11/h1-6H,(H,20,21)(H2,17,18,19,22). The van der Waals surface area contributed by atoms with E-state index in [-0.39, 0.29) is 16.3 Å². The number of halogens is 1. The number of amides is 3. The molecule has 3 amide bonds. The van der Waals surface area contributed by atoms with Gasteiger partial charge in [0.1, 0.15) is 17.2 Å². The fraction of sp³-hybridized carbons (Fsp3) is 0. The molecule has 3 N–H and O–H groups in total. The predicted octanol–water partition coefficient (Wildman–Crippen LogP) is 2.48. The third-order valence-electron chi connectivity index (χ3n) is 3.12. The van der Waals surface area contributed by atoms with Crippen LogP contribution in [-0.2, 0) is 4.79 Å². The molecule has 1 aromatic heterocycles. The predicted molar refractivity (Wildman–Crippen MR) is 80.8 cm³/mol. The molecule has 116 valence electrons. The van der Waals surface area contributed by atoms with Crippen molar-refractivity contribution < 1.29 is 23.9 Å². The molecule has 1 fully saturated rings. The Morgan fingerprint density at radius 1 is 1.17 bits per heavy atom. The van der Waals surface area contributed by atoms with Crippen LogP contribution in [0.15, 0.2) is 40.4 Å². The van der Waals surface area contributed by atoms with E-state index in [9.17, 15) is 14.4 Å². The fourth-order valence-electron chi connectivity index (χ4n) is 2.05. The molecule has 0 atom stereocenters. The number of rotatable bonds is 3. The highest BCUT2D eigenvalue weighted by Gasteiger charge is 2.23. The molecule has 2 heterocycles. The molecule has 7 nitrogen and oxygen atoms in total. The minimum Gasteiger partial charge on any atom is -0.478 e. The number of imide groups is 1. The Morgan fingerprint density at radius 2 is 1.96 bits per heavy atom. The first kappa shape index (κ1) is 14.9. The van der Waals surface area contributed by atoms with E-state index in [0.717, 1.165) is 0 Å². The highest BCUT2D eigenvalue weighted by molar-refractivity contribution is 6.33. The zero-order valence-corrected chi connectivity index (χ0v) is 12.2. The van der Waals surface area contributed by atoms with E-state index in [1.165, 1.54) is 18.2 Å². The highest BCUT2D eigenvalue weighted by Crippen LogP contribution is 2.28. The minimum atomic E-state index is -1.12. The summed E-state index contributed by atoms with van der Waals surface area (Å²) in [5, 5.41) is 13.5. The van der Waals surface area contributed by atoms with Crippen LogP contribution in [0.3, 0.4) is 0 Å². The van der Waals surface area contributed by atoms with Gasteiger partial charge in [0.05, 0.1) is 10.6 Å². The van der Waals surface area contributed by atoms with Crippen LogP contribution >= 0.6 is 11.6 Å². The molecule has 3 rings (SSSR count). The number of furan rings is 1. The lowest BCUT2D eigenvalue weighted by Crippen LogP contribution is -2.22. The molecule has 1 aliphatic heterocycles. The molecule has 0 saturated carbocycles. The van der Waals surface area contributed by atoms with Crippen molar-refractivity contribution >= 4 is 35.6 Å². The third kappa shape index (κ3) is 2.95. The van der Waals surface area contributed by atoms with Gasteiger partial charge in [-0.25, -0.2) is 9.59 Å². The van der Waals surface area contributed by atoms with E-state index in [0.29, 0.717) is 17.1 Å². The molecule has 0 bridgehead atoms. The van der Waals surface area contributed by atoms with Crippen molar-refractivity contribution in [3.63, 3.8) is 0 Å². The maximum Gasteiger partial charge on any atom is 0.337 e. The molecule has 0 aliphatic carbocycles. The molecule has 0 radical (unpaired) electrons. The molecule has 1 saturated heterocycles. The van der Waals surface area contributed by atoms with Gasteiger partial charge < -0.3 is 14.8 Å². The number of carboxylic acid groups (broad SMARTS) is 1. The van der Waals surface area contributed by atoms with E-state index in [4.69, 9.17) is 21.1 Å². The molecule has 1 aliphatic rings. The first-order chi connectivity index (χ1) is 10.9. The van der Waals surface area contributed by atoms with Gasteiger partial charge in [0.2, 0.25) is 0 Å². The Kier molecular flexibility index (Phi) is 3.63. The van der Waals surface area contributed by atoms with Crippen molar-refractivity contribution in [3.8, 4) is 11.3 Å². The maximum atomic E-state index is 11.4. The Labute approximate surface area is 134 Å². The topological polar surface area (TPSA) is 109 Å². The second kappa shape index (κ2) is 5.62. The van der Waals surface area contributed by atoms with Crippen LogP contribution in [0, 0.1) is 0 Å². The normalized spacial score (nSPS) is 15.6. The smallest absolute Gasteiger partial charge is 0.337 e. The van der Waals surface area contributed by atoms with Gasteiger partial charge in [-0.2, -0.15) is 0 Å². The molecule has 1 aromatic carbocycles. The van der Waals surface area contributed by atoms with Crippen LogP contribution < -0.4 is 10.6 Å². The number of hydrogen-bond donors (Lipinski definition) is 3. The van der Waals surface area contributed by atoms with Crippen LogP contribution in [0.4, 0.5) is 4.79 Å². The van der Waals surface area contributed by atoms with Crippen molar-refractivity contribution in [1.29, 1.82) is 0 Å². The number of nitrogens with one attached hydrogen (secondary N) is 2. The number of urea groups is 1. The number of carbonyl (C=O) groups is 3. The molecule has 23 heavy (non-hydrogen) atoms. The van der Waals surface area contributed by atoms with Crippen LogP contribution in [-0.4, -0.2) is 23.0 Å². The van der Waals surface area contributed by atoms with E-state index in [2.05, 4.69) is 10.6 Å². The largest absolute Gasteiger partial charge is 0.478 e. The first-order valence-electron chi connectivity index (χ1n) is 6.41. The summed E-state index contributed by atoms with van der Waals surface area (Å²) in [4.78, 5) is 33.4. The van der Waals surface area contributed by atoms with Crippen molar-refractivity contribution in [2.24, 2.45) is 0 Å². The van der Waals surface area contributed by atoms with E-state index < -0.39 is 17.9 Å². The number of hydrogen-bond acceptors (Lipinski definition) is 4. The minimum absolute atomic E-state index is 0.00495. The summed E-state index contributed by atoms with van der Waals surface area (Å²) >= 11 is 5.92. The first-order valence-corrected chi connectivity index (χ1v) is 6.79. The van der Waals surface area contributed by atoms with Crippen molar-refractivity contribution in [3.05, 3.63) is 52.4 Å². The molecule has 0 spiro atoms. The van der Waals surface area contributed by atoms with Gasteiger partial charge in [-0.15, -0.1) is 0 Å². The van der Waals surface area contributed by atoms with Gasteiger partial charge in [0.15, 0.2) is 0 Å². The van der Waals surface area contributed by atoms with Crippen LogP contribution in [0.1, 0.15) is 16.1 Å². The zero-order chi connectivity index (χ0) is 16.6. The average molecular weight is 333 g/mol. The summed E-state index contributed by atoms with van der Waals surface area (Å²) in [5.41, 5.74) is 0.661. The van der Waals surface area contributed by atoms with Gasteiger partial charge in [0, 0.05) is 11.6 Å². The Hall–Kier alpha value is -3.06. The lowest BCUT2D eigenvalue weighted by atomic mass is 10.1. The van der Waals surface area contributed by atoms with Crippen molar-refractivity contribution in [1.82, 2.24) is 10.6 Å². The highest BCUT2D eigenvalue weighted by atomic mass is 35.5. The monoisotopic (exact) mass is 332 g/mol. The number of benzene rings is 1. The molecule has 0 unspecified atom stereocenters. The second-order valence-corrected chi connectivity index (χ2v) is 5.08. The molecule has 2 aromatic rings. The zero-order valence-electron chi connectivity index (χ0n) is 11.4. The summed E-state index contributed by atoms with van der Waals surface area (Å²) in [6.45, 7) is 0. The molecular formula is C15H9ClN2O5. The summed E-state index contributed by atoms with van der Waals surface area (Å²) in [5.74, 6) is -0.859. The summed E-state index contributed by atoms with van der Waals surface area (Å²) in [6.07, 6.45) is 1.39. The van der Waals surface area contributed by atoms with Gasteiger partial charge >= 0.3 is 12.0 Å². The number of aromatic carboxylic acids is 1. The second-order valence-electron chi connectivity index (χ2n) is 4.67. The average Bonchev–Trinajstić information content (AvgIpc) is 3.06. The fourth-order valence-corrected chi connectivity index (χ4v) is 2.31. The third-order valence-corrected chi connectivity index (χ3v) is 3.43. The van der Waals surface area contributed by atoms with Crippen molar-refractivity contribution in [2.75, 3.05) is 0 Å². The van der Waals surface area contributed by atoms with Gasteiger partial charge in [-0.1, -0.05) is 17.7 Å². The SMILES string of the molecule is O=C1NC(=O)C(=Cc2ccc(-c3ccc(C(=O)O)c(Cl)c3)o2)N1. The Morgan fingerprint density at radius 3 is 2.57 bits per heavy atom. The van der Waals surface area contributed by atoms with Crippen LogP contribution in [0.25, 0.3) is 17.4 Å². The quantitative estimate of drug-likeness (QED) is 0.591. The van der Waals surface area contributed by atoms with Gasteiger partial charge in [0.25, 0.3) is 5.91 Å². The molecule has 8 heteroatoms.